The summed E-state index contributed by atoms with van der Waals surface area (Å²) in [7, 11) is 1.67. The van der Waals surface area contributed by atoms with Gasteiger partial charge in [0.15, 0.2) is 9.79 Å². The molecule has 0 bridgehead atoms. The fraction of sp³-hybridized carbons (Fsp3) is 0.200. The Bertz CT molecular complexity index is 628. The Balaban J connectivity index is 2.15. The van der Waals surface area contributed by atoms with Gasteiger partial charge < -0.3 is 9.29 Å². The fourth-order valence-electron chi connectivity index (χ4n) is 2.40. The van der Waals surface area contributed by atoms with E-state index in [2.05, 4.69) is 15.9 Å². The minimum Gasteiger partial charge on any atom is -0.606 e. The van der Waals surface area contributed by atoms with Crippen LogP contribution in [0.3, 0.4) is 0 Å². The molecule has 0 spiro atoms. The maximum absolute atomic E-state index is 12.6. The largest absolute Gasteiger partial charge is 0.606 e. The molecule has 19 heavy (non-hydrogen) atoms. The van der Waals surface area contributed by atoms with Gasteiger partial charge in [-0.15, -0.1) is 0 Å². The molecule has 1 unspecified atom stereocenters. The molecule has 0 fully saturated rings. The molecule has 2 nitrogen and oxygen atoms in total. The first kappa shape index (κ1) is 13.0. The second-order valence-electron chi connectivity index (χ2n) is 4.46. The highest BCUT2D eigenvalue weighted by Gasteiger charge is 2.29. The van der Waals surface area contributed by atoms with Crippen LogP contribution in [-0.2, 0) is 22.9 Å². The van der Waals surface area contributed by atoms with E-state index in [4.69, 9.17) is 4.74 Å². The molecule has 0 aromatic heterocycles. The molecule has 0 radical (unpaired) electrons. The van der Waals surface area contributed by atoms with Crippen LogP contribution in [0.1, 0.15) is 16.7 Å². The van der Waals surface area contributed by atoms with Gasteiger partial charge in [0.2, 0.25) is 0 Å². The number of hydrogen-bond acceptors (Lipinski definition) is 2. The van der Waals surface area contributed by atoms with Crippen LogP contribution in [0, 0.1) is 0 Å². The zero-order chi connectivity index (χ0) is 13.4. The average Bonchev–Trinajstić information content (AvgIpc) is 2.46. The summed E-state index contributed by atoms with van der Waals surface area (Å²) < 4.78 is 18.0. The number of alkyl halides is 1. The van der Waals surface area contributed by atoms with E-state index in [0.717, 1.165) is 38.7 Å². The van der Waals surface area contributed by atoms with Gasteiger partial charge in [-0.3, -0.25) is 0 Å². The van der Waals surface area contributed by atoms with Gasteiger partial charge in [-0.1, -0.05) is 34.1 Å². The molecule has 3 rings (SSSR count). The monoisotopic (exact) mass is 336 g/mol. The summed E-state index contributed by atoms with van der Waals surface area (Å²) in [5, 5.41) is 0.697. The molecule has 1 atom stereocenters. The van der Waals surface area contributed by atoms with Gasteiger partial charge in [-0.2, -0.15) is 0 Å². The van der Waals surface area contributed by atoms with Crippen LogP contribution < -0.4 is 4.74 Å². The van der Waals surface area contributed by atoms with Crippen molar-refractivity contribution >= 4 is 27.1 Å². The molecule has 0 saturated heterocycles. The average molecular weight is 337 g/mol. The molecular formula is C15H13BrO2S. The number of fused-ring (bicyclic) bond motifs is 2. The van der Waals surface area contributed by atoms with Gasteiger partial charge in [0, 0.05) is 45.7 Å². The van der Waals surface area contributed by atoms with E-state index in [-0.39, 0.29) is 0 Å². The van der Waals surface area contributed by atoms with Gasteiger partial charge in [-0.25, -0.2) is 0 Å². The molecule has 0 saturated carbocycles. The molecule has 2 aromatic rings. The Kier molecular flexibility index (Phi) is 3.56. The highest BCUT2D eigenvalue weighted by Crippen LogP contribution is 2.38. The number of benzene rings is 2. The Labute approximate surface area is 124 Å². The quantitative estimate of drug-likeness (QED) is 0.619. The van der Waals surface area contributed by atoms with Crippen LogP contribution in [0.2, 0.25) is 0 Å². The van der Waals surface area contributed by atoms with Crippen molar-refractivity contribution < 1.29 is 9.29 Å². The van der Waals surface area contributed by atoms with Crippen molar-refractivity contribution in [3.8, 4) is 5.75 Å². The third kappa shape index (κ3) is 2.18. The Morgan fingerprint density at radius 2 is 2.00 bits per heavy atom. The number of methoxy groups -OCH3 is 1. The number of hydrogen-bond donors (Lipinski definition) is 0. The lowest BCUT2D eigenvalue weighted by molar-refractivity contribution is 0.410. The second-order valence-corrected chi connectivity index (χ2v) is 6.44. The van der Waals surface area contributed by atoms with E-state index < -0.39 is 11.2 Å². The molecule has 1 aliphatic heterocycles. The van der Waals surface area contributed by atoms with E-state index in [0.29, 0.717) is 5.33 Å². The molecule has 0 N–H and O–H groups in total. The van der Waals surface area contributed by atoms with Gasteiger partial charge in [0.1, 0.15) is 5.75 Å². The minimum atomic E-state index is -1.09. The molecular weight excluding hydrogens is 324 g/mol. The van der Waals surface area contributed by atoms with Crippen LogP contribution >= 0.6 is 15.9 Å². The summed E-state index contributed by atoms with van der Waals surface area (Å²) in [6.07, 6.45) is 0.816. The Morgan fingerprint density at radius 1 is 1.21 bits per heavy atom. The summed E-state index contributed by atoms with van der Waals surface area (Å²) in [6, 6.07) is 11.9. The van der Waals surface area contributed by atoms with Gasteiger partial charge >= 0.3 is 0 Å². The maximum atomic E-state index is 12.6. The van der Waals surface area contributed by atoms with E-state index >= 15 is 0 Å². The number of rotatable bonds is 2. The van der Waals surface area contributed by atoms with Crippen LogP contribution in [-0.4, -0.2) is 11.7 Å². The Hall–Kier alpha value is -0.970. The van der Waals surface area contributed by atoms with Crippen molar-refractivity contribution in [2.45, 2.75) is 21.5 Å². The zero-order valence-corrected chi connectivity index (χ0v) is 12.9. The second kappa shape index (κ2) is 5.19. The first-order chi connectivity index (χ1) is 9.24. The van der Waals surface area contributed by atoms with Crippen LogP contribution in [0.15, 0.2) is 46.2 Å². The summed E-state index contributed by atoms with van der Waals surface area (Å²) in [5.41, 5.74) is 3.27. The molecule has 0 amide bonds. The summed E-state index contributed by atoms with van der Waals surface area (Å²) >= 11 is 2.36. The maximum Gasteiger partial charge on any atom is 0.162 e. The molecule has 1 heterocycles. The van der Waals surface area contributed by atoms with E-state index in [1.54, 1.807) is 7.11 Å². The minimum absolute atomic E-state index is 0.697. The highest BCUT2D eigenvalue weighted by molar-refractivity contribution is 9.08. The lowest BCUT2D eigenvalue weighted by atomic mass is 10.0. The van der Waals surface area contributed by atoms with Crippen molar-refractivity contribution in [1.29, 1.82) is 0 Å². The van der Waals surface area contributed by atoms with E-state index in [9.17, 15) is 4.55 Å². The van der Waals surface area contributed by atoms with Gasteiger partial charge in [0.25, 0.3) is 0 Å². The van der Waals surface area contributed by atoms with Crippen molar-refractivity contribution in [3.63, 3.8) is 0 Å². The predicted octanol–water partition coefficient (Wildman–Crippen LogP) is 3.66. The Morgan fingerprint density at radius 3 is 2.74 bits per heavy atom. The highest BCUT2D eigenvalue weighted by atomic mass is 79.9. The number of halogens is 1. The first-order valence-corrected chi connectivity index (χ1v) is 8.27. The van der Waals surface area contributed by atoms with Crippen molar-refractivity contribution in [2.75, 3.05) is 7.11 Å². The number of ether oxygens (including phenoxy) is 1. The zero-order valence-electron chi connectivity index (χ0n) is 10.5. The van der Waals surface area contributed by atoms with Crippen LogP contribution in [0.25, 0.3) is 0 Å². The van der Waals surface area contributed by atoms with Crippen LogP contribution in [0.5, 0.6) is 5.75 Å². The standard InChI is InChI=1S/C15H13BrO2S/c1-18-13-7-11-6-10-4-2-3-5-14(10)19(17)15(11)8-12(13)9-16/h2-5,7-8H,6,9H2,1H3. The van der Waals surface area contributed by atoms with Crippen molar-refractivity contribution in [3.05, 3.63) is 53.1 Å². The molecule has 1 aliphatic rings. The SMILES string of the molecule is COc1cc2c(cc1CBr)[S+]([O-])c1ccccc1C2. The van der Waals surface area contributed by atoms with E-state index in [1.807, 2.05) is 36.4 Å². The third-order valence-corrected chi connectivity index (χ3v) is 5.54. The predicted molar refractivity (Wildman–Crippen MR) is 79.5 cm³/mol. The summed E-state index contributed by atoms with van der Waals surface area (Å²) in [5.74, 6) is 0.854. The molecule has 0 aliphatic carbocycles. The summed E-state index contributed by atoms with van der Waals surface area (Å²) in [6.45, 7) is 0. The molecule has 98 valence electrons. The van der Waals surface area contributed by atoms with Crippen LogP contribution in [0.4, 0.5) is 0 Å². The van der Waals surface area contributed by atoms with Gasteiger partial charge in [-0.05, 0) is 12.1 Å². The topological polar surface area (TPSA) is 32.3 Å². The molecule has 4 heteroatoms. The molecule has 2 aromatic carbocycles. The summed E-state index contributed by atoms with van der Waals surface area (Å²) in [4.78, 5) is 1.84. The normalized spacial score (nSPS) is 16.7. The smallest absolute Gasteiger partial charge is 0.162 e. The van der Waals surface area contributed by atoms with Gasteiger partial charge in [0.05, 0.1) is 7.11 Å². The third-order valence-electron chi connectivity index (χ3n) is 3.36. The lowest BCUT2D eigenvalue weighted by Crippen LogP contribution is -2.15. The first-order valence-electron chi connectivity index (χ1n) is 6.00. The fourth-order valence-corrected chi connectivity index (χ4v) is 4.28. The lowest BCUT2D eigenvalue weighted by Gasteiger charge is -2.23. The van der Waals surface area contributed by atoms with Crippen molar-refractivity contribution in [2.24, 2.45) is 0 Å². The van der Waals surface area contributed by atoms with Crippen molar-refractivity contribution in [1.82, 2.24) is 0 Å². The van der Waals surface area contributed by atoms with E-state index in [1.165, 1.54) is 0 Å².